The summed E-state index contributed by atoms with van der Waals surface area (Å²) in [6, 6.07) is 8.17. The van der Waals surface area contributed by atoms with E-state index in [1.807, 2.05) is 31.2 Å². The fraction of sp³-hybridized carbons (Fsp3) is 0.143. The van der Waals surface area contributed by atoms with Crippen molar-refractivity contribution in [3.05, 3.63) is 47.0 Å². The topological polar surface area (TPSA) is 0 Å². The first-order chi connectivity index (χ1) is 6.86. The van der Waals surface area contributed by atoms with Crippen LogP contribution in [-0.2, 0) is 6.42 Å². The lowest BCUT2D eigenvalue weighted by Crippen LogP contribution is -1.86. The Morgan fingerprint density at radius 3 is 2.93 bits per heavy atom. The Kier molecular flexibility index (Phi) is 2.39. The van der Waals surface area contributed by atoms with E-state index in [0.717, 1.165) is 17.6 Å². The van der Waals surface area contributed by atoms with Gasteiger partial charge in [-0.1, -0.05) is 41.9 Å². The summed E-state index contributed by atoms with van der Waals surface area (Å²) in [5.74, 6) is 12.4. The fourth-order valence-electron chi connectivity index (χ4n) is 1.30. The van der Waals surface area contributed by atoms with Gasteiger partial charge >= 0.3 is 0 Å². The van der Waals surface area contributed by atoms with Crippen LogP contribution in [0.15, 0.2) is 35.9 Å². The molecule has 0 aromatic heterocycles. The summed E-state index contributed by atoms with van der Waals surface area (Å²) in [5.41, 5.74) is 3.33. The first kappa shape index (κ1) is 8.67. The minimum Gasteiger partial charge on any atom is -0.0937 e. The second-order valence-corrected chi connectivity index (χ2v) is 3.23. The molecule has 0 N–H and O–H groups in total. The van der Waals surface area contributed by atoms with Gasteiger partial charge in [-0.2, -0.15) is 0 Å². The van der Waals surface area contributed by atoms with Gasteiger partial charge in [-0.3, -0.25) is 0 Å². The van der Waals surface area contributed by atoms with Crippen molar-refractivity contribution in [3.8, 4) is 23.7 Å². The van der Waals surface area contributed by atoms with Gasteiger partial charge in [0.2, 0.25) is 0 Å². The van der Waals surface area contributed by atoms with Gasteiger partial charge in [-0.25, -0.2) is 0 Å². The van der Waals surface area contributed by atoms with E-state index in [1.165, 1.54) is 5.56 Å². The number of hydrogen-bond donors (Lipinski definition) is 0. The van der Waals surface area contributed by atoms with Crippen LogP contribution in [0.1, 0.15) is 18.1 Å². The van der Waals surface area contributed by atoms with Gasteiger partial charge in [0.05, 0.1) is 0 Å². The fourth-order valence-corrected chi connectivity index (χ4v) is 1.30. The van der Waals surface area contributed by atoms with Gasteiger partial charge < -0.3 is 0 Å². The lowest BCUT2D eigenvalue weighted by Gasteiger charge is -1.97. The van der Waals surface area contributed by atoms with Crippen molar-refractivity contribution in [2.75, 3.05) is 0 Å². The first-order valence-corrected chi connectivity index (χ1v) is 4.61. The van der Waals surface area contributed by atoms with Crippen molar-refractivity contribution in [3.63, 3.8) is 0 Å². The van der Waals surface area contributed by atoms with Crippen LogP contribution in [0.2, 0.25) is 0 Å². The molecule has 0 heterocycles. The Morgan fingerprint density at radius 2 is 2.00 bits per heavy atom. The van der Waals surface area contributed by atoms with Crippen molar-refractivity contribution in [1.82, 2.24) is 0 Å². The molecule has 66 valence electrons. The average molecular weight is 178 g/mol. The zero-order valence-electron chi connectivity index (χ0n) is 8.09. The maximum atomic E-state index is 3.16. The highest BCUT2D eigenvalue weighted by Gasteiger charge is 1.96. The number of fused-ring (bicyclic) bond motifs is 1. The molecular formula is C14H10. The number of allylic oxidation sites excluding steroid dienone is 2. The standard InChI is InChI=1S/C14H10/c1-12-6-2-3-7-13-8-4-5-9-14(13)11-10-12/h4-6,8-9H,7H2,1H3/b12-6-. The largest absolute Gasteiger partial charge is 0.0937 e. The first-order valence-electron chi connectivity index (χ1n) is 4.61. The van der Waals surface area contributed by atoms with E-state index in [9.17, 15) is 0 Å². The molecule has 0 bridgehead atoms. The lowest BCUT2D eigenvalue weighted by molar-refractivity contribution is 1.30. The van der Waals surface area contributed by atoms with Gasteiger partial charge in [0.1, 0.15) is 0 Å². The van der Waals surface area contributed by atoms with Crippen molar-refractivity contribution in [2.45, 2.75) is 13.3 Å². The van der Waals surface area contributed by atoms with E-state index < -0.39 is 0 Å². The molecule has 14 heavy (non-hydrogen) atoms. The Balaban J connectivity index is 2.54. The molecular weight excluding hydrogens is 168 g/mol. The van der Waals surface area contributed by atoms with Gasteiger partial charge in [0.15, 0.2) is 0 Å². The Morgan fingerprint density at radius 1 is 1.14 bits per heavy atom. The number of rotatable bonds is 0. The van der Waals surface area contributed by atoms with E-state index >= 15 is 0 Å². The van der Waals surface area contributed by atoms with Crippen LogP contribution in [0.25, 0.3) is 0 Å². The highest BCUT2D eigenvalue weighted by molar-refractivity contribution is 5.48. The van der Waals surface area contributed by atoms with Gasteiger partial charge in [-0.15, -0.1) is 0 Å². The third kappa shape index (κ3) is 1.87. The second kappa shape index (κ2) is 3.86. The van der Waals surface area contributed by atoms with Crippen LogP contribution < -0.4 is 0 Å². The molecule has 0 nitrogen and oxygen atoms in total. The maximum absolute atomic E-state index is 3.16. The van der Waals surface area contributed by atoms with Crippen LogP contribution in [0.3, 0.4) is 0 Å². The zero-order chi connectivity index (χ0) is 9.80. The van der Waals surface area contributed by atoms with Gasteiger partial charge in [-0.05, 0) is 24.6 Å². The molecule has 0 spiro atoms. The van der Waals surface area contributed by atoms with Gasteiger partial charge in [0.25, 0.3) is 0 Å². The van der Waals surface area contributed by atoms with Crippen LogP contribution in [-0.4, -0.2) is 0 Å². The van der Waals surface area contributed by atoms with E-state index in [-0.39, 0.29) is 0 Å². The summed E-state index contributed by atoms with van der Waals surface area (Å²) < 4.78 is 0. The maximum Gasteiger partial charge on any atom is 0.0356 e. The monoisotopic (exact) mass is 178 g/mol. The summed E-state index contributed by atoms with van der Waals surface area (Å²) in [4.78, 5) is 0. The molecule has 0 heteroatoms. The van der Waals surface area contributed by atoms with Crippen LogP contribution in [0.5, 0.6) is 0 Å². The summed E-state index contributed by atoms with van der Waals surface area (Å²) in [6.45, 7) is 1.98. The van der Waals surface area contributed by atoms with Crippen LogP contribution >= 0.6 is 0 Å². The van der Waals surface area contributed by atoms with E-state index in [1.54, 1.807) is 0 Å². The normalized spacial score (nSPS) is 16.5. The molecule has 1 aliphatic rings. The smallest absolute Gasteiger partial charge is 0.0356 e. The van der Waals surface area contributed by atoms with Crippen molar-refractivity contribution >= 4 is 0 Å². The van der Waals surface area contributed by atoms with Crippen molar-refractivity contribution in [2.24, 2.45) is 0 Å². The Hall–Kier alpha value is -1.92. The van der Waals surface area contributed by atoms with E-state index in [4.69, 9.17) is 0 Å². The van der Waals surface area contributed by atoms with E-state index in [2.05, 4.69) is 29.7 Å². The number of hydrogen-bond acceptors (Lipinski definition) is 0. The quantitative estimate of drug-likeness (QED) is 0.535. The summed E-state index contributed by atoms with van der Waals surface area (Å²) in [7, 11) is 0. The predicted molar refractivity (Wildman–Crippen MR) is 58.6 cm³/mol. The highest BCUT2D eigenvalue weighted by atomic mass is 14.0. The molecule has 0 saturated heterocycles. The zero-order valence-corrected chi connectivity index (χ0v) is 8.09. The molecule has 0 radical (unpaired) electrons. The molecule has 1 aromatic rings. The molecule has 0 atom stereocenters. The summed E-state index contributed by atoms with van der Waals surface area (Å²) in [6.07, 6.45) is 2.66. The summed E-state index contributed by atoms with van der Waals surface area (Å²) >= 11 is 0. The van der Waals surface area contributed by atoms with Gasteiger partial charge in [0, 0.05) is 17.6 Å². The van der Waals surface area contributed by atoms with Crippen LogP contribution in [0.4, 0.5) is 0 Å². The predicted octanol–water partition coefficient (Wildman–Crippen LogP) is 2.54. The minimum absolute atomic E-state index is 0.786. The SMILES string of the molecule is C/C1=C/C#CCc2ccccc2C#C1. The van der Waals surface area contributed by atoms with Crippen LogP contribution in [0, 0.1) is 23.7 Å². The Bertz CT molecular complexity index is 496. The average Bonchev–Trinajstić information content (AvgIpc) is 2.30. The van der Waals surface area contributed by atoms with Crippen molar-refractivity contribution < 1.29 is 0 Å². The second-order valence-electron chi connectivity index (χ2n) is 3.23. The highest BCUT2D eigenvalue weighted by Crippen LogP contribution is 2.08. The van der Waals surface area contributed by atoms with Crippen molar-refractivity contribution in [1.29, 1.82) is 0 Å². The molecule has 0 amide bonds. The third-order valence-corrected chi connectivity index (χ3v) is 2.08. The van der Waals surface area contributed by atoms with E-state index in [0.29, 0.717) is 0 Å². The lowest BCUT2D eigenvalue weighted by atomic mass is 10.1. The third-order valence-electron chi connectivity index (χ3n) is 2.08. The molecule has 0 aliphatic heterocycles. The minimum atomic E-state index is 0.786. The number of benzene rings is 1. The molecule has 0 fully saturated rings. The molecule has 0 saturated carbocycles. The Labute approximate surface area is 84.7 Å². The molecule has 1 aromatic carbocycles. The molecule has 0 unspecified atom stereocenters. The molecule has 1 aliphatic carbocycles. The summed E-state index contributed by atoms with van der Waals surface area (Å²) in [5, 5.41) is 0. The molecule has 2 rings (SSSR count).